The van der Waals surface area contributed by atoms with Crippen LogP contribution in [0.25, 0.3) is 11.4 Å². The molecule has 5 nitrogen and oxygen atoms in total. The number of hydrogen-bond acceptors (Lipinski definition) is 5. The summed E-state index contributed by atoms with van der Waals surface area (Å²) >= 11 is 0. The van der Waals surface area contributed by atoms with Crippen LogP contribution in [0.1, 0.15) is 29.4 Å². The van der Waals surface area contributed by atoms with Gasteiger partial charge in [-0.2, -0.15) is 4.98 Å². The molecule has 0 N–H and O–H groups in total. The average molecular weight is 349 g/mol. The van der Waals surface area contributed by atoms with Crippen LogP contribution in [0.5, 0.6) is 5.75 Å². The fraction of sp³-hybridized carbons (Fsp3) is 0.333. The van der Waals surface area contributed by atoms with Crippen molar-refractivity contribution in [2.75, 3.05) is 20.2 Å². The first-order valence-corrected chi connectivity index (χ1v) is 8.98. The Bertz CT molecular complexity index is 873. The van der Waals surface area contributed by atoms with E-state index in [1.54, 1.807) is 7.11 Å². The summed E-state index contributed by atoms with van der Waals surface area (Å²) in [7, 11) is 1.66. The number of benzene rings is 2. The SMILES string of the molecule is COc1ccc(-c2noc([C@@H]3CCN(Cc4ccccc4C)C3)n2)cc1. The third-order valence-electron chi connectivity index (χ3n) is 5.07. The third kappa shape index (κ3) is 3.48. The zero-order chi connectivity index (χ0) is 17.9. The van der Waals surface area contributed by atoms with Gasteiger partial charge in [-0.3, -0.25) is 4.90 Å². The molecule has 0 spiro atoms. The van der Waals surface area contributed by atoms with Gasteiger partial charge in [-0.25, -0.2) is 0 Å². The molecule has 2 heterocycles. The van der Waals surface area contributed by atoms with Crippen LogP contribution in [-0.4, -0.2) is 35.2 Å². The van der Waals surface area contributed by atoms with Crippen LogP contribution in [0, 0.1) is 6.92 Å². The summed E-state index contributed by atoms with van der Waals surface area (Å²) in [4.78, 5) is 7.09. The van der Waals surface area contributed by atoms with Gasteiger partial charge in [-0.05, 0) is 55.3 Å². The molecule has 0 saturated carbocycles. The fourth-order valence-corrected chi connectivity index (χ4v) is 3.46. The van der Waals surface area contributed by atoms with Gasteiger partial charge in [0.05, 0.1) is 13.0 Å². The number of hydrogen-bond donors (Lipinski definition) is 0. The predicted molar refractivity (Wildman–Crippen MR) is 100 cm³/mol. The van der Waals surface area contributed by atoms with Crippen LogP contribution in [0.3, 0.4) is 0 Å². The minimum Gasteiger partial charge on any atom is -0.497 e. The summed E-state index contributed by atoms with van der Waals surface area (Å²) in [5, 5.41) is 4.16. The molecule has 4 rings (SSSR count). The number of aromatic nitrogens is 2. The van der Waals surface area contributed by atoms with Gasteiger partial charge in [-0.1, -0.05) is 29.4 Å². The van der Waals surface area contributed by atoms with Crippen molar-refractivity contribution in [3.63, 3.8) is 0 Å². The lowest BCUT2D eigenvalue weighted by Gasteiger charge is -2.16. The van der Waals surface area contributed by atoms with E-state index in [0.717, 1.165) is 43.3 Å². The standard InChI is InChI=1S/C21H23N3O2/c1-15-5-3-4-6-17(15)13-24-12-11-18(14-24)21-22-20(23-26-21)16-7-9-19(25-2)10-8-16/h3-10,18H,11-14H2,1-2H3/t18-/m1/s1. The highest BCUT2D eigenvalue weighted by Crippen LogP contribution is 2.29. The second kappa shape index (κ2) is 7.30. The normalized spacial score (nSPS) is 17.5. The van der Waals surface area contributed by atoms with E-state index in [1.807, 2.05) is 24.3 Å². The Morgan fingerprint density at radius 2 is 1.96 bits per heavy atom. The van der Waals surface area contributed by atoms with Crippen molar-refractivity contribution >= 4 is 0 Å². The largest absolute Gasteiger partial charge is 0.497 e. The first-order chi connectivity index (χ1) is 12.7. The Morgan fingerprint density at radius 1 is 1.15 bits per heavy atom. The van der Waals surface area contributed by atoms with Gasteiger partial charge in [-0.15, -0.1) is 0 Å². The molecule has 3 aromatic rings. The molecule has 1 aliphatic heterocycles. The first kappa shape index (κ1) is 16.8. The summed E-state index contributed by atoms with van der Waals surface area (Å²) in [6.45, 7) is 5.16. The lowest BCUT2D eigenvalue weighted by atomic mass is 10.1. The molecule has 134 valence electrons. The summed E-state index contributed by atoms with van der Waals surface area (Å²) in [6, 6.07) is 16.3. The number of aryl methyl sites for hydroxylation is 1. The molecule has 1 aliphatic rings. The average Bonchev–Trinajstić information content (AvgIpc) is 3.33. The van der Waals surface area contributed by atoms with Gasteiger partial charge in [0.2, 0.25) is 11.7 Å². The number of likely N-dealkylation sites (tertiary alicyclic amines) is 1. The Hall–Kier alpha value is -2.66. The number of ether oxygens (including phenoxy) is 1. The van der Waals surface area contributed by atoms with Crippen molar-refractivity contribution in [2.24, 2.45) is 0 Å². The molecule has 2 aromatic carbocycles. The highest BCUT2D eigenvalue weighted by Gasteiger charge is 2.28. The van der Waals surface area contributed by atoms with Gasteiger partial charge >= 0.3 is 0 Å². The summed E-state index contributed by atoms with van der Waals surface area (Å²) in [5.41, 5.74) is 3.67. The van der Waals surface area contributed by atoms with Crippen LogP contribution in [0.15, 0.2) is 53.1 Å². The zero-order valence-corrected chi connectivity index (χ0v) is 15.2. The molecule has 1 atom stereocenters. The maximum Gasteiger partial charge on any atom is 0.231 e. The summed E-state index contributed by atoms with van der Waals surface area (Å²) in [6.07, 6.45) is 1.05. The Kier molecular flexibility index (Phi) is 4.71. The van der Waals surface area contributed by atoms with Crippen molar-refractivity contribution in [3.8, 4) is 17.1 Å². The molecule has 26 heavy (non-hydrogen) atoms. The van der Waals surface area contributed by atoms with Crippen molar-refractivity contribution < 1.29 is 9.26 Å². The summed E-state index contributed by atoms with van der Waals surface area (Å²) < 4.78 is 10.8. The van der Waals surface area contributed by atoms with Crippen molar-refractivity contribution in [2.45, 2.75) is 25.8 Å². The third-order valence-corrected chi connectivity index (χ3v) is 5.07. The van der Waals surface area contributed by atoms with E-state index in [0.29, 0.717) is 11.7 Å². The maximum atomic E-state index is 5.56. The molecular weight excluding hydrogens is 326 g/mol. The van der Waals surface area contributed by atoms with E-state index in [9.17, 15) is 0 Å². The van der Waals surface area contributed by atoms with E-state index >= 15 is 0 Å². The highest BCUT2D eigenvalue weighted by molar-refractivity contribution is 5.55. The minimum absolute atomic E-state index is 0.304. The van der Waals surface area contributed by atoms with Gasteiger partial charge < -0.3 is 9.26 Å². The van der Waals surface area contributed by atoms with Crippen molar-refractivity contribution in [1.29, 1.82) is 0 Å². The molecule has 1 fully saturated rings. The number of rotatable bonds is 5. The Morgan fingerprint density at radius 3 is 2.73 bits per heavy atom. The second-order valence-electron chi connectivity index (χ2n) is 6.83. The maximum absolute atomic E-state index is 5.56. The summed E-state index contributed by atoms with van der Waals surface area (Å²) in [5.74, 6) is 2.50. The van der Waals surface area contributed by atoms with Crippen LogP contribution in [-0.2, 0) is 6.54 Å². The van der Waals surface area contributed by atoms with E-state index in [4.69, 9.17) is 9.26 Å². The zero-order valence-electron chi connectivity index (χ0n) is 15.2. The lowest BCUT2D eigenvalue weighted by Crippen LogP contribution is -2.20. The van der Waals surface area contributed by atoms with E-state index in [-0.39, 0.29) is 0 Å². The van der Waals surface area contributed by atoms with Crippen LogP contribution < -0.4 is 4.74 Å². The molecule has 1 aromatic heterocycles. The molecule has 0 aliphatic carbocycles. The van der Waals surface area contributed by atoms with Crippen molar-refractivity contribution in [1.82, 2.24) is 15.0 Å². The Balaban J connectivity index is 1.43. The predicted octanol–water partition coefficient (Wildman–Crippen LogP) is 4.04. The number of nitrogens with zero attached hydrogens (tertiary/aromatic N) is 3. The molecule has 0 radical (unpaired) electrons. The Labute approximate surface area is 153 Å². The fourth-order valence-electron chi connectivity index (χ4n) is 3.46. The van der Waals surface area contributed by atoms with Gasteiger partial charge in [0.25, 0.3) is 0 Å². The molecule has 0 amide bonds. The van der Waals surface area contributed by atoms with Crippen LogP contribution in [0.4, 0.5) is 0 Å². The molecule has 0 bridgehead atoms. The quantitative estimate of drug-likeness (QED) is 0.696. The monoisotopic (exact) mass is 349 g/mol. The second-order valence-corrected chi connectivity index (χ2v) is 6.83. The van der Waals surface area contributed by atoms with E-state index in [1.165, 1.54) is 11.1 Å². The molecule has 5 heteroatoms. The lowest BCUT2D eigenvalue weighted by molar-refractivity contribution is 0.309. The van der Waals surface area contributed by atoms with Gasteiger partial charge in [0.1, 0.15) is 5.75 Å². The van der Waals surface area contributed by atoms with Crippen LogP contribution in [0.2, 0.25) is 0 Å². The molecule has 1 saturated heterocycles. The molecular formula is C21H23N3O2. The van der Waals surface area contributed by atoms with E-state index < -0.39 is 0 Å². The van der Waals surface area contributed by atoms with Gasteiger partial charge in [0.15, 0.2) is 0 Å². The molecule has 0 unspecified atom stereocenters. The highest BCUT2D eigenvalue weighted by atomic mass is 16.5. The van der Waals surface area contributed by atoms with E-state index in [2.05, 4.69) is 46.2 Å². The first-order valence-electron chi connectivity index (χ1n) is 8.98. The number of methoxy groups -OCH3 is 1. The minimum atomic E-state index is 0.304. The van der Waals surface area contributed by atoms with Gasteiger partial charge in [0, 0.05) is 18.7 Å². The smallest absolute Gasteiger partial charge is 0.231 e. The van der Waals surface area contributed by atoms with Crippen LogP contribution >= 0.6 is 0 Å². The van der Waals surface area contributed by atoms with Crippen molar-refractivity contribution in [3.05, 3.63) is 65.5 Å². The topological polar surface area (TPSA) is 51.4 Å².